The van der Waals surface area contributed by atoms with Gasteiger partial charge < -0.3 is 18.6 Å². The lowest BCUT2D eigenvalue weighted by Gasteiger charge is -2.30. The van der Waals surface area contributed by atoms with Crippen LogP contribution in [0, 0.1) is 6.92 Å². The van der Waals surface area contributed by atoms with Crippen molar-refractivity contribution in [2.45, 2.75) is 77.4 Å². The van der Waals surface area contributed by atoms with Gasteiger partial charge in [-0.05, 0) is 50.8 Å². The maximum absolute atomic E-state index is 14.6. The number of hydrogen-bond acceptors (Lipinski definition) is 10. The molecular weight excluding hydrogens is 634 g/mol. The average molecular weight is 672 g/mol. The number of benzene rings is 2. The average Bonchev–Trinajstić information content (AvgIpc) is 3.74. The minimum Gasteiger partial charge on any atom is -0.496 e. The Hall–Kier alpha value is -4.81. The molecule has 12 heteroatoms. The fourth-order valence-electron chi connectivity index (χ4n) is 6.13. The fourth-order valence-corrected chi connectivity index (χ4v) is 7.37. The van der Waals surface area contributed by atoms with Crippen LogP contribution in [0.3, 0.4) is 0 Å². The predicted molar refractivity (Wildman–Crippen MR) is 180 cm³/mol. The number of carbonyl (C=O) groups excluding carboxylic acids is 2. The van der Waals surface area contributed by atoms with Crippen molar-refractivity contribution in [2.24, 2.45) is 0 Å². The lowest BCUT2D eigenvalue weighted by atomic mass is 9.96. The molecule has 6 rings (SSSR count). The number of para-hydroxylation sites is 1. The SMILES string of the molecule is COc1ccccc1[C@H](Cn1c(=O)n(C(C)(C)C(=O)OCc2ccccc2)c(=O)c2c(C)c(-c3ncco3)sc21)OC1CCC(=O)CC1. The summed E-state index contributed by atoms with van der Waals surface area (Å²) in [6.45, 7) is 4.74. The van der Waals surface area contributed by atoms with Gasteiger partial charge in [0.05, 0.1) is 36.2 Å². The summed E-state index contributed by atoms with van der Waals surface area (Å²) in [4.78, 5) is 60.0. The molecule has 0 saturated heterocycles. The molecule has 0 N–H and O–H groups in total. The standard InChI is InChI=1S/C36H37N3O8S/c1-22-29-32(41)39(36(2,3)34(42)46-21-23-10-6-5-7-11-23)35(43)38(33(29)48-30(22)31-37-18-19-45-31)20-28(26-12-8-9-13-27(26)44-4)47-25-16-14-24(40)15-17-25/h5-13,18-19,25,28H,14-17,20-21H2,1-4H3/t28-/m0/s1. The normalized spacial score (nSPS) is 14.7. The minimum atomic E-state index is -1.68. The lowest BCUT2D eigenvalue weighted by molar-refractivity contribution is -0.154. The maximum Gasteiger partial charge on any atom is 0.333 e. The molecule has 0 spiro atoms. The molecule has 48 heavy (non-hydrogen) atoms. The second-order valence-electron chi connectivity index (χ2n) is 12.3. The van der Waals surface area contributed by atoms with Crippen molar-refractivity contribution in [3.63, 3.8) is 0 Å². The zero-order chi connectivity index (χ0) is 34.0. The first-order valence-electron chi connectivity index (χ1n) is 15.8. The van der Waals surface area contributed by atoms with Gasteiger partial charge in [-0.15, -0.1) is 11.3 Å². The first-order chi connectivity index (χ1) is 23.1. The molecule has 1 fully saturated rings. The van der Waals surface area contributed by atoms with Crippen LogP contribution in [-0.2, 0) is 37.8 Å². The van der Waals surface area contributed by atoms with Crippen LogP contribution in [0.25, 0.3) is 21.0 Å². The monoisotopic (exact) mass is 671 g/mol. The number of rotatable bonds is 11. The number of methoxy groups -OCH3 is 1. The van der Waals surface area contributed by atoms with Crippen molar-refractivity contribution in [3.05, 3.63) is 105 Å². The number of hydrogen-bond donors (Lipinski definition) is 0. The molecule has 0 aliphatic heterocycles. The summed E-state index contributed by atoms with van der Waals surface area (Å²) in [6, 6.07) is 16.6. The summed E-state index contributed by atoms with van der Waals surface area (Å²) < 4.78 is 26.1. The van der Waals surface area contributed by atoms with E-state index in [0.717, 1.165) is 10.1 Å². The third kappa shape index (κ3) is 6.37. The van der Waals surface area contributed by atoms with Crippen LogP contribution in [0.1, 0.15) is 62.3 Å². The quantitative estimate of drug-likeness (QED) is 0.156. The van der Waals surface area contributed by atoms with Crippen LogP contribution in [0.15, 0.2) is 81.1 Å². The molecule has 3 heterocycles. The summed E-state index contributed by atoms with van der Waals surface area (Å²) in [6.07, 6.45) is 3.97. The number of nitrogens with zero attached hydrogens (tertiary/aromatic N) is 3. The summed E-state index contributed by atoms with van der Waals surface area (Å²) in [7, 11) is 1.56. The second-order valence-corrected chi connectivity index (χ2v) is 13.3. The molecule has 11 nitrogen and oxygen atoms in total. The van der Waals surface area contributed by atoms with Crippen molar-refractivity contribution in [1.29, 1.82) is 0 Å². The maximum atomic E-state index is 14.6. The van der Waals surface area contributed by atoms with E-state index in [2.05, 4.69) is 4.98 Å². The van der Waals surface area contributed by atoms with Gasteiger partial charge in [-0.2, -0.15) is 0 Å². The number of oxazole rings is 1. The molecule has 1 atom stereocenters. The first-order valence-corrected chi connectivity index (χ1v) is 16.6. The Balaban J connectivity index is 1.51. The molecule has 1 aliphatic carbocycles. The zero-order valence-corrected chi connectivity index (χ0v) is 28.1. The van der Waals surface area contributed by atoms with Gasteiger partial charge in [-0.25, -0.2) is 19.1 Å². The highest BCUT2D eigenvalue weighted by molar-refractivity contribution is 7.22. The molecule has 2 aromatic carbocycles. The van der Waals surface area contributed by atoms with E-state index in [0.29, 0.717) is 58.2 Å². The third-order valence-electron chi connectivity index (χ3n) is 8.79. The van der Waals surface area contributed by atoms with Crippen LogP contribution in [0.4, 0.5) is 0 Å². The molecule has 5 aromatic rings. The molecule has 0 radical (unpaired) electrons. The smallest absolute Gasteiger partial charge is 0.333 e. The number of aryl methyl sites for hydroxylation is 1. The Morgan fingerprint density at radius 3 is 2.46 bits per heavy atom. The summed E-state index contributed by atoms with van der Waals surface area (Å²) in [5.74, 6) is 0.342. The topological polar surface area (TPSA) is 132 Å². The Morgan fingerprint density at radius 2 is 1.77 bits per heavy atom. The fraction of sp³-hybridized carbons (Fsp3) is 0.361. The Morgan fingerprint density at radius 1 is 1.06 bits per heavy atom. The van der Waals surface area contributed by atoms with E-state index in [1.54, 1.807) is 14.0 Å². The van der Waals surface area contributed by atoms with Gasteiger partial charge in [-0.3, -0.25) is 14.2 Å². The van der Waals surface area contributed by atoms with Gasteiger partial charge in [0.25, 0.3) is 5.56 Å². The highest BCUT2D eigenvalue weighted by Gasteiger charge is 2.38. The lowest BCUT2D eigenvalue weighted by Crippen LogP contribution is -2.53. The van der Waals surface area contributed by atoms with Gasteiger partial charge >= 0.3 is 11.7 Å². The van der Waals surface area contributed by atoms with E-state index in [-0.39, 0.29) is 30.4 Å². The van der Waals surface area contributed by atoms with Crippen LogP contribution in [0.5, 0.6) is 5.75 Å². The highest BCUT2D eigenvalue weighted by atomic mass is 32.1. The van der Waals surface area contributed by atoms with Crippen molar-refractivity contribution in [3.8, 4) is 16.5 Å². The van der Waals surface area contributed by atoms with Crippen LogP contribution in [-0.4, -0.2) is 39.1 Å². The molecule has 3 aromatic heterocycles. The minimum absolute atomic E-state index is 0.0133. The van der Waals surface area contributed by atoms with Crippen LogP contribution in [0.2, 0.25) is 0 Å². The Labute approximate surface area is 280 Å². The van der Waals surface area contributed by atoms with E-state index in [1.807, 2.05) is 54.6 Å². The number of carbonyl (C=O) groups is 2. The van der Waals surface area contributed by atoms with Crippen molar-refractivity contribution in [1.82, 2.24) is 14.1 Å². The number of ketones is 1. The zero-order valence-electron chi connectivity index (χ0n) is 27.3. The van der Waals surface area contributed by atoms with Gasteiger partial charge in [0.1, 0.15) is 40.9 Å². The van der Waals surface area contributed by atoms with Crippen molar-refractivity contribution in [2.75, 3.05) is 7.11 Å². The van der Waals surface area contributed by atoms with E-state index >= 15 is 0 Å². The number of fused-ring (bicyclic) bond motifs is 1. The molecule has 1 saturated carbocycles. The number of aromatic nitrogens is 3. The van der Waals surface area contributed by atoms with E-state index in [1.165, 1.54) is 42.2 Å². The molecule has 1 aliphatic rings. The molecule has 250 valence electrons. The van der Waals surface area contributed by atoms with Crippen molar-refractivity contribution < 1.29 is 28.2 Å². The molecule has 0 amide bonds. The summed E-state index contributed by atoms with van der Waals surface area (Å²) in [5, 5.41) is 0.263. The number of esters is 1. The van der Waals surface area contributed by atoms with Gasteiger partial charge in [0, 0.05) is 18.4 Å². The molecule has 0 unspecified atom stereocenters. The molecule has 0 bridgehead atoms. The summed E-state index contributed by atoms with van der Waals surface area (Å²) in [5.41, 5.74) is -0.957. The number of thiophene rings is 1. The van der Waals surface area contributed by atoms with Gasteiger partial charge in [0.15, 0.2) is 0 Å². The van der Waals surface area contributed by atoms with E-state index in [9.17, 15) is 19.2 Å². The summed E-state index contributed by atoms with van der Waals surface area (Å²) >= 11 is 1.21. The van der Waals surface area contributed by atoms with Crippen LogP contribution >= 0.6 is 11.3 Å². The van der Waals surface area contributed by atoms with E-state index < -0.39 is 28.9 Å². The third-order valence-corrected chi connectivity index (χ3v) is 10.1. The number of ether oxygens (including phenoxy) is 3. The van der Waals surface area contributed by atoms with E-state index in [4.69, 9.17) is 18.6 Å². The predicted octanol–water partition coefficient (Wildman–Crippen LogP) is 5.94. The Kier molecular flexibility index (Phi) is 9.47. The second kappa shape index (κ2) is 13.7. The number of Topliss-reactive ketones (excluding diaryl/α,β-unsaturated/α-hetero) is 1. The largest absolute Gasteiger partial charge is 0.496 e. The van der Waals surface area contributed by atoms with Crippen LogP contribution < -0.4 is 16.0 Å². The van der Waals surface area contributed by atoms with Gasteiger partial charge in [-0.1, -0.05) is 48.5 Å². The highest BCUT2D eigenvalue weighted by Crippen LogP contribution is 2.38. The first kappa shape index (κ1) is 33.1. The van der Waals surface area contributed by atoms with Crippen molar-refractivity contribution >= 4 is 33.3 Å². The Bertz CT molecular complexity index is 2050. The van der Waals surface area contributed by atoms with Gasteiger partial charge in [0.2, 0.25) is 5.89 Å². The molecular formula is C36H37N3O8S.